The van der Waals surface area contributed by atoms with E-state index < -0.39 is 0 Å². The van der Waals surface area contributed by atoms with E-state index in [2.05, 4.69) is 13.0 Å². The van der Waals surface area contributed by atoms with Crippen molar-refractivity contribution < 1.29 is 19.1 Å². The molecule has 0 aromatic rings. The number of carbonyl (C=O) groups is 2. The summed E-state index contributed by atoms with van der Waals surface area (Å²) in [6, 6.07) is 0. The fourth-order valence-electron chi connectivity index (χ4n) is 2.89. The molecule has 0 saturated heterocycles. The van der Waals surface area contributed by atoms with Gasteiger partial charge in [-0.05, 0) is 32.6 Å². The predicted octanol–water partition coefficient (Wildman–Crippen LogP) is 4.68. The van der Waals surface area contributed by atoms with Crippen molar-refractivity contribution in [2.75, 3.05) is 13.7 Å². The molecule has 138 valence electrons. The topological polar surface area (TPSA) is 52.6 Å². The summed E-state index contributed by atoms with van der Waals surface area (Å²) in [5, 5.41) is 0. The van der Waals surface area contributed by atoms with Crippen molar-refractivity contribution in [2.45, 2.75) is 52.4 Å². The van der Waals surface area contributed by atoms with Crippen molar-refractivity contribution in [3.63, 3.8) is 0 Å². The second-order valence-corrected chi connectivity index (χ2v) is 5.98. The number of ketones is 1. The smallest absolute Gasteiger partial charge is 0.330 e. The third kappa shape index (κ3) is 7.55. The molecule has 0 aliphatic heterocycles. The van der Waals surface area contributed by atoms with Gasteiger partial charge in [0.15, 0.2) is 5.78 Å². The Morgan fingerprint density at radius 2 is 1.96 bits per heavy atom. The van der Waals surface area contributed by atoms with E-state index in [9.17, 15) is 9.59 Å². The maximum atomic E-state index is 12.4. The van der Waals surface area contributed by atoms with Gasteiger partial charge >= 0.3 is 5.97 Å². The van der Waals surface area contributed by atoms with Gasteiger partial charge in [-0.25, -0.2) is 4.79 Å². The minimum absolute atomic E-state index is 0.0907. The van der Waals surface area contributed by atoms with Crippen LogP contribution in [0.25, 0.3) is 0 Å². The van der Waals surface area contributed by atoms with E-state index in [1.54, 1.807) is 26.2 Å². The predicted molar refractivity (Wildman–Crippen MR) is 100.0 cm³/mol. The lowest BCUT2D eigenvalue weighted by Crippen LogP contribution is -2.10. The van der Waals surface area contributed by atoms with Gasteiger partial charge in [0.05, 0.1) is 13.7 Å². The first kappa shape index (κ1) is 20.9. The van der Waals surface area contributed by atoms with Gasteiger partial charge in [-0.15, -0.1) is 0 Å². The van der Waals surface area contributed by atoms with Crippen LogP contribution in [0.2, 0.25) is 0 Å². The zero-order valence-corrected chi connectivity index (χ0v) is 15.6. The van der Waals surface area contributed by atoms with Crippen LogP contribution in [-0.4, -0.2) is 25.5 Å². The van der Waals surface area contributed by atoms with Gasteiger partial charge in [-0.1, -0.05) is 43.7 Å². The van der Waals surface area contributed by atoms with Crippen molar-refractivity contribution in [3.05, 3.63) is 47.8 Å². The molecule has 0 aromatic carbocycles. The summed E-state index contributed by atoms with van der Waals surface area (Å²) in [5.74, 6) is 0.937. The quantitative estimate of drug-likeness (QED) is 0.236. The van der Waals surface area contributed by atoms with Crippen LogP contribution < -0.4 is 0 Å². The largest absolute Gasteiger partial charge is 0.501 e. The molecule has 1 aliphatic carbocycles. The Morgan fingerprint density at radius 1 is 1.20 bits per heavy atom. The molecular formula is C21H30O4. The summed E-state index contributed by atoms with van der Waals surface area (Å²) in [7, 11) is 1.66. The number of unbranched alkanes of at least 4 members (excludes halogenated alkanes) is 1. The fourth-order valence-corrected chi connectivity index (χ4v) is 2.89. The number of hydrogen-bond donors (Lipinski definition) is 0. The van der Waals surface area contributed by atoms with Crippen LogP contribution in [-0.2, 0) is 19.1 Å². The Kier molecular flexibility index (Phi) is 10.3. The maximum Gasteiger partial charge on any atom is 0.330 e. The summed E-state index contributed by atoms with van der Waals surface area (Å²) in [4.78, 5) is 23.5. The zero-order chi connectivity index (χ0) is 18.5. The van der Waals surface area contributed by atoms with Crippen LogP contribution in [0.15, 0.2) is 47.8 Å². The Balaban J connectivity index is 2.26. The minimum atomic E-state index is -0.330. The van der Waals surface area contributed by atoms with E-state index in [4.69, 9.17) is 9.47 Å². The second kappa shape index (κ2) is 12.3. The molecule has 0 saturated carbocycles. The number of esters is 1. The van der Waals surface area contributed by atoms with Crippen LogP contribution >= 0.6 is 0 Å². The molecule has 0 bridgehead atoms. The molecule has 0 amide bonds. The first-order valence-electron chi connectivity index (χ1n) is 9.10. The molecule has 4 heteroatoms. The summed E-state index contributed by atoms with van der Waals surface area (Å²) >= 11 is 0. The molecule has 25 heavy (non-hydrogen) atoms. The minimum Gasteiger partial charge on any atom is -0.501 e. The number of rotatable bonds is 11. The van der Waals surface area contributed by atoms with Crippen molar-refractivity contribution in [1.29, 1.82) is 0 Å². The molecule has 0 spiro atoms. The molecule has 1 atom stereocenters. The highest BCUT2D eigenvalue weighted by Crippen LogP contribution is 2.34. The number of Topliss-reactive ketones (excluding diaryl/α,β-unsaturated/α-hetero) is 1. The third-order valence-corrected chi connectivity index (χ3v) is 4.09. The maximum absolute atomic E-state index is 12.4. The van der Waals surface area contributed by atoms with Crippen molar-refractivity contribution in [3.8, 4) is 0 Å². The number of hydrogen-bond acceptors (Lipinski definition) is 4. The molecule has 0 aromatic heterocycles. The molecule has 0 N–H and O–H groups in total. The molecule has 0 fully saturated rings. The summed E-state index contributed by atoms with van der Waals surface area (Å²) in [6.07, 6.45) is 16.1. The molecule has 4 nitrogen and oxygen atoms in total. The number of ether oxygens (including phenoxy) is 2. The van der Waals surface area contributed by atoms with Crippen LogP contribution in [0.3, 0.4) is 0 Å². The Bertz CT molecular complexity index is 552. The molecule has 1 aliphatic rings. The van der Waals surface area contributed by atoms with Crippen LogP contribution in [0.1, 0.15) is 52.4 Å². The van der Waals surface area contributed by atoms with E-state index >= 15 is 0 Å². The highest BCUT2D eigenvalue weighted by Gasteiger charge is 2.32. The number of methoxy groups -OCH3 is 1. The van der Waals surface area contributed by atoms with Gasteiger partial charge < -0.3 is 9.47 Å². The summed E-state index contributed by atoms with van der Waals surface area (Å²) in [6.45, 7) is 4.25. The zero-order valence-electron chi connectivity index (χ0n) is 15.6. The van der Waals surface area contributed by atoms with Crippen molar-refractivity contribution >= 4 is 11.8 Å². The highest BCUT2D eigenvalue weighted by molar-refractivity contribution is 6.00. The Hall–Kier alpha value is -2.10. The highest BCUT2D eigenvalue weighted by atomic mass is 16.5. The van der Waals surface area contributed by atoms with Gasteiger partial charge in [0.25, 0.3) is 0 Å². The van der Waals surface area contributed by atoms with Gasteiger partial charge in [0.1, 0.15) is 5.76 Å². The molecule has 1 unspecified atom stereocenters. The molecular weight excluding hydrogens is 316 g/mol. The van der Waals surface area contributed by atoms with Gasteiger partial charge in [0.2, 0.25) is 0 Å². The van der Waals surface area contributed by atoms with E-state index in [0.717, 1.165) is 49.9 Å². The monoisotopic (exact) mass is 346 g/mol. The van der Waals surface area contributed by atoms with E-state index in [1.165, 1.54) is 6.08 Å². The number of carbonyl (C=O) groups excluding carboxylic acids is 2. The fraction of sp³-hybridized carbons (Fsp3) is 0.524. The standard InChI is InChI=1S/C21H30O4/c1-4-13-18-19(24-3)16-17(21(18)23)14-11-9-7-6-8-10-12-15-20(22)25-5-2/h6-8,10,12,15,17H,4-5,9,11,13-14,16H2,1-3H3/b7-6+,10-8+,15-12+. The Morgan fingerprint density at radius 3 is 2.64 bits per heavy atom. The van der Waals surface area contributed by atoms with Crippen molar-refractivity contribution in [1.82, 2.24) is 0 Å². The third-order valence-electron chi connectivity index (χ3n) is 4.09. The van der Waals surface area contributed by atoms with Crippen LogP contribution in [0.4, 0.5) is 0 Å². The Labute approximate surface area is 151 Å². The lowest BCUT2D eigenvalue weighted by molar-refractivity contribution is -0.137. The molecule has 0 radical (unpaired) electrons. The van der Waals surface area contributed by atoms with Crippen LogP contribution in [0, 0.1) is 5.92 Å². The van der Waals surface area contributed by atoms with Crippen molar-refractivity contribution in [2.24, 2.45) is 5.92 Å². The first-order chi connectivity index (χ1) is 12.1. The second-order valence-electron chi connectivity index (χ2n) is 5.98. The lowest BCUT2D eigenvalue weighted by atomic mass is 9.96. The molecule has 1 rings (SSSR count). The average Bonchev–Trinajstić information content (AvgIpc) is 2.90. The molecule has 0 heterocycles. The van der Waals surface area contributed by atoms with Gasteiger partial charge in [-0.3, -0.25) is 4.79 Å². The van der Waals surface area contributed by atoms with E-state index in [-0.39, 0.29) is 17.7 Å². The SMILES string of the molecule is CCCC1=C(OC)CC(CCC/C=C/C=C/C=C/C(=O)OCC)C1=O. The average molecular weight is 346 g/mol. The summed E-state index contributed by atoms with van der Waals surface area (Å²) in [5.41, 5.74) is 0.905. The first-order valence-corrected chi connectivity index (χ1v) is 9.10. The van der Waals surface area contributed by atoms with E-state index in [0.29, 0.717) is 6.61 Å². The van der Waals surface area contributed by atoms with Crippen LogP contribution in [0.5, 0.6) is 0 Å². The van der Waals surface area contributed by atoms with Gasteiger partial charge in [-0.2, -0.15) is 0 Å². The summed E-state index contributed by atoms with van der Waals surface area (Å²) < 4.78 is 10.2. The normalized spacial score (nSPS) is 18.2. The lowest BCUT2D eigenvalue weighted by Gasteiger charge is -2.07. The number of allylic oxidation sites excluding steroid dienone is 7. The van der Waals surface area contributed by atoms with Gasteiger partial charge in [0, 0.05) is 24.0 Å². The van der Waals surface area contributed by atoms with E-state index in [1.807, 2.05) is 12.2 Å².